The van der Waals surface area contributed by atoms with E-state index in [1.165, 1.54) is 19.2 Å². The molecule has 0 radical (unpaired) electrons. The third-order valence-electron chi connectivity index (χ3n) is 3.85. The third-order valence-corrected chi connectivity index (χ3v) is 3.85. The predicted octanol–water partition coefficient (Wildman–Crippen LogP) is 1.13. The van der Waals surface area contributed by atoms with Crippen molar-refractivity contribution in [3.63, 3.8) is 0 Å². The average Bonchev–Trinajstić information content (AvgIpc) is 3.25. The van der Waals surface area contributed by atoms with Gasteiger partial charge in [-0.05, 0) is 26.7 Å². The summed E-state index contributed by atoms with van der Waals surface area (Å²) >= 11 is 0. The maximum absolute atomic E-state index is 6.16. The molecule has 2 fully saturated rings. The zero-order chi connectivity index (χ0) is 14.1. The first kappa shape index (κ1) is 13.4. The number of ether oxygens (including phenoxy) is 1. The Labute approximate surface area is 119 Å². The summed E-state index contributed by atoms with van der Waals surface area (Å²) in [6.07, 6.45) is 4.33. The van der Waals surface area contributed by atoms with Gasteiger partial charge in [0.25, 0.3) is 0 Å². The molecule has 0 spiro atoms. The molecule has 2 aliphatic rings. The van der Waals surface area contributed by atoms with E-state index in [4.69, 9.17) is 10.5 Å². The van der Waals surface area contributed by atoms with Crippen molar-refractivity contribution in [1.82, 2.24) is 14.9 Å². The Morgan fingerprint density at radius 2 is 1.90 bits per heavy atom. The van der Waals surface area contributed by atoms with Crippen LogP contribution in [0.3, 0.4) is 0 Å². The molecule has 0 atom stereocenters. The second kappa shape index (κ2) is 5.44. The highest BCUT2D eigenvalue weighted by molar-refractivity contribution is 5.67. The summed E-state index contributed by atoms with van der Waals surface area (Å²) in [7, 11) is 0. The first-order valence-electron chi connectivity index (χ1n) is 7.41. The lowest BCUT2D eigenvalue weighted by Gasteiger charge is -2.35. The standard InChI is InChI=1S/C14H23N5O/c1-10(2)20-14-12(15)13(16-9-17-14)19-7-5-18(6-8-19)11-3-4-11/h9-11H,3-8,15H2,1-2H3. The first-order chi connectivity index (χ1) is 9.65. The molecule has 3 rings (SSSR count). The molecule has 2 heterocycles. The maximum Gasteiger partial charge on any atom is 0.242 e. The molecule has 1 aliphatic heterocycles. The number of nitrogen functional groups attached to an aromatic ring is 1. The molecule has 110 valence electrons. The van der Waals surface area contributed by atoms with Crippen LogP contribution in [0, 0.1) is 0 Å². The van der Waals surface area contributed by atoms with Gasteiger partial charge >= 0.3 is 0 Å². The van der Waals surface area contributed by atoms with Gasteiger partial charge in [0.2, 0.25) is 5.88 Å². The Hall–Kier alpha value is -1.56. The van der Waals surface area contributed by atoms with Gasteiger partial charge in [-0.25, -0.2) is 4.98 Å². The van der Waals surface area contributed by atoms with Crippen LogP contribution in [0.15, 0.2) is 6.33 Å². The van der Waals surface area contributed by atoms with E-state index in [0.29, 0.717) is 11.6 Å². The first-order valence-corrected chi connectivity index (χ1v) is 7.41. The molecule has 6 nitrogen and oxygen atoms in total. The van der Waals surface area contributed by atoms with Crippen molar-refractivity contribution < 1.29 is 4.74 Å². The van der Waals surface area contributed by atoms with Crippen LogP contribution in [0.5, 0.6) is 5.88 Å². The van der Waals surface area contributed by atoms with Gasteiger partial charge in [0.05, 0.1) is 6.10 Å². The lowest BCUT2D eigenvalue weighted by atomic mass is 10.3. The molecule has 1 aromatic rings. The van der Waals surface area contributed by atoms with Crippen molar-refractivity contribution in [3.05, 3.63) is 6.33 Å². The van der Waals surface area contributed by atoms with Crippen LogP contribution in [0.2, 0.25) is 0 Å². The molecule has 2 N–H and O–H groups in total. The number of hydrogen-bond donors (Lipinski definition) is 1. The molecule has 6 heteroatoms. The summed E-state index contributed by atoms with van der Waals surface area (Å²) < 4.78 is 5.63. The summed E-state index contributed by atoms with van der Waals surface area (Å²) in [6, 6.07) is 0.833. The lowest BCUT2D eigenvalue weighted by Crippen LogP contribution is -2.47. The van der Waals surface area contributed by atoms with Gasteiger partial charge in [-0.15, -0.1) is 0 Å². The molecule has 0 amide bonds. The van der Waals surface area contributed by atoms with Crippen LogP contribution in [-0.2, 0) is 0 Å². The monoisotopic (exact) mass is 277 g/mol. The quantitative estimate of drug-likeness (QED) is 0.890. The molecule has 0 unspecified atom stereocenters. The van der Waals surface area contributed by atoms with Crippen LogP contribution < -0.4 is 15.4 Å². The number of nitrogens with two attached hydrogens (primary N) is 1. The summed E-state index contributed by atoms with van der Waals surface area (Å²) in [5, 5.41) is 0. The van der Waals surface area contributed by atoms with E-state index >= 15 is 0 Å². The van der Waals surface area contributed by atoms with Crippen molar-refractivity contribution in [1.29, 1.82) is 0 Å². The minimum atomic E-state index is 0.0618. The van der Waals surface area contributed by atoms with Gasteiger partial charge in [-0.2, -0.15) is 4.98 Å². The van der Waals surface area contributed by atoms with Gasteiger partial charge < -0.3 is 15.4 Å². The van der Waals surface area contributed by atoms with E-state index in [2.05, 4.69) is 19.8 Å². The zero-order valence-electron chi connectivity index (χ0n) is 12.2. The van der Waals surface area contributed by atoms with Gasteiger partial charge in [0, 0.05) is 32.2 Å². The van der Waals surface area contributed by atoms with Crippen LogP contribution in [0.1, 0.15) is 26.7 Å². The highest BCUT2D eigenvalue weighted by Gasteiger charge is 2.32. The molecular formula is C14H23N5O. The molecule has 20 heavy (non-hydrogen) atoms. The Bertz CT molecular complexity index is 467. The number of anilines is 2. The molecular weight excluding hydrogens is 254 g/mol. The van der Waals surface area contributed by atoms with Crippen LogP contribution in [-0.4, -0.2) is 53.2 Å². The Balaban J connectivity index is 1.70. The second-order valence-corrected chi connectivity index (χ2v) is 5.84. The zero-order valence-corrected chi connectivity index (χ0v) is 12.2. The van der Waals surface area contributed by atoms with Crippen molar-refractivity contribution >= 4 is 11.5 Å². The van der Waals surface area contributed by atoms with Crippen LogP contribution in [0.4, 0.5) is 11.5 Å². The molecule has 1 saturated carbocycles. The molecule has 0 aromatic carbocycles. The van der Waals surface area contributed by atoms with E-state index in [0.717, 1.165) is 38.0 Å². The van der Waals surface area contributed by atoms with Gasteiger partial charge in [0.1, 0.15) is 12.0 Å². The topological polar surface area (TPSA) is 67.5 Å². The van der Waals surface area contributed by atoms with Crippen LogP contribution >= 0.6 is 0 Å². The minimum Gasteiger partial charge on any atom is -0.473 e. The fraction of sp³-hybridized carbons (Fsp3) is 0.714. The summed E-state index contributed by atoms with van der Waals surface area (Å²) in [5.74, 6) is 1.31. The number of hydrogen-bond acceptors (Lipinski definition) is 6. The van der Waals surface area contributed by atoms with E-state index in [9.17, 15) is 0 Å². The number of aromatic nitrogens is 2. The molecule has 1 aliphatic carbocycles. The Morgan fingerprint density at radius 3 is 2.50 bits per heavy atom. The second-order valence-electron chi connectivity index (χ2n) is 5.84. The highest BCUT2D eigenvalue weighted by atomic mass is 16.5. The van der Waals surface area contributed by atoms with E-state index in [-0.39, 0.29) is 6.10 Å². The number of rotatable bonds is 4. The average molecular weight is 277 g/mol. The Morgan fingerprint density at radius 1 is 1.20 bits per heavy atom. The van der Waals surface area contributed by atoms with Crippen molar-refractivity contribution in [2.75, 3.05) is 36.8 Å². The maximum atomic E-state index is 6.16. The predicted molar refractivity (Wildman–Crippen MR) is 79.0 cm³/mol. The summed E-state index contributed by atoms with van der Waals surface area (Å²) in [6.45, 7) is 8.06. The molecule has 0 bridgehead atoms. The largest absolute Gasteiger partial charge is 0.473 e. The van der Waals surface area contributed by atoms with Crippen molar-refractivity contribution in [2.45, 2.75) is 38.8 Å². The molecule has 1 saturated heterocycles. The smallest absolute Gasteiger partial charge is 0.242 e. The van der Waals surface area contributed by atoms with E-state index < -0.39 is 0 Å². The fourth-order valence-corrected chi connectivity index (χ4v) is 2.68. The van der Waals surface area contributed by atoms with Gasteiger partial charge in [0.15, 0.2) is 5.82 Å². The minimum absolute atomic E-state index is 0.0618. The van der Waals surface area contributed by atoms with Crippen molar-refractivity contribution in [2.24, 2.45) is 0 Å². The highest BCUT2D eigenvalue weighted by Crippen LogP contribution is 2.31. The molecule has 1 aromatic heterocycles. The summed E-state index contributed by atoms with van der Waals surface area (Å²) in [5.41, 5.74) is 6.72. The number of piperazine rings is 1. The SMILES string of the molecule is CC(C)Oc1ncnc(N2CCN(C3CC3)CC2)c1N. The third kappa shape index (κ3) is 2.80. The van der Waals surface area contributed by atoms with E-state index in [1.54, 1.807) is 0 Å². The van der Waals surface area contributed by atoms with Gasteiger partial charge in [-0.3, -0.25) is 4.90 Å². The van der Waals surface area contributed by atoms with E-state index in [1.807, 2.05) is 13.8 Å². The summed E-state index contributed by atoms with van der Waals surface area (Å²) in [4.78, 5) is 13.3. The van der Waals surface area contributed by atoms with Gasteiger partial charge in [-0.1, -0.05) is 0 Å². The van der Waals surface area contributed by atoms with Crippen LogP contribution in [0.25, 0.3) is 0 Å². The Kier molecular flexibility index (Phi) is 3.65. The number of nitrogens with zero attached hydrogens (tertiary/aromatic N) is 4. The fourth-order valence-electron chi connectivity index (χ4n) is 2.68. The normalized spacial score (nSPS) is 20.4. The van der Waals surface area contributed by atoms with Crippen molar-refractivity contribution in [3.8, 4) is 5.88 Å². The lowest BCUT2D eigenvalue weighted by molar-refractivity contribution is 0.233.